The first-order valence-corrected chi connectivity index (χ1v) is 8.21. The van der Waals surface area contributed by atoms with Gasteiger partial charge < -0.3 is 10.3 Å². The summed E-state index contributed by atoms with van der Waals surface area (Å²) >= 11 is -0.641. The van der Waals surface area contributed by atoms with Crippen molar-refractivity contribution in [2.24, 2.45) is 7.05 Å². The maximum Gasteiger partial charge on any atom is 0.283 e. The fourth-order valence-corrected chi connectivity index (χ4v) is 1.98. The zero-order valence-corrected chi connectivity index (χ0v) is 13.3. The molecule has 0 spiro atoms. The topological polar surface area (TPSA) is 116 Å². The van der Waals surface area contributed by atoms with Crippen LogP contribution < -0.4 is 35.9 Å². The molecule has 9 heteroatoms. The third-order valence-electron chi connectivity index (χ3n) is 2.22. The summed E-state index contributed by atoms with van der Waals surface area (Å²) in [5, 5.41) is 12.3. The monoisotopic (exact) mass is 442 g/mol. The highest BCUT2D eigenvalue weighted by Gasteiger charge is 2.15. The Balaban J connectivity index is 0.000000399. The Hall–Kier alpha value is -0.880. The number of fused-ring (bicyclic) bond motifs is 1. The summed E-state index contributed by atoms with van der Waals surface area (Å²) < 4.78 is 28.4. The molecule has 0 fully saturated rings. The van der Waals surface area contributed by atoms with Crippen molar-refractivity contribution in [1.29, 1.82) is 0 Å². The first-order chi connectivity index (χ1) is 8.82. The van der Waals surface area contributed by atoms with E-state index in [1.807, 2.05) is 19.3 Å². The minimum atomic E-state index is -4.01. The number of pyridine rings is 1. The van der Waals surface area contributed by atoms with E-state index in [1.54, 1.807) is 16.8 Å². The zero-order valence-electron chi connectivity index (χ0n) is 9.58. The van der Waals surface area contributed by atoms with Crippen molar-refractivity contribution in [3.8, 4) is 0 Å². The summed E-state index contributed by atoms with van der Waals surface area (Å²) in [5.74, 6) is 0. The second-order valence-electron chi connectivity index (χ2n) is 3.45. The fourth-order valence-electron chi connectivity index (χ4n) is 1.50. The Morgan fingerprint density at radius 1 is 1.21 bits per heavy atom. The Morgan fingerprint density at radius 3 is 2.32 bits per heavy atom. The van der Waals surface area contributed by atoms with Crippen molar-refractivity contribution in [2.45, 2.75) is 0 Å². The molecule has 0 saturated heterocycles. The average Bonchev–Trinajstić information content (AvgIpc) is 2.27. The van der Waals surface area contributed by atoms with Crippen molar-refractivity contribution < 1.29 is 40.9 Å². The number of hydrogen-bond donors (Lipinski definition) is 0. The predicted molar refractivity (Wildman–Crippen MR) is 59.5 cm³/mol. The molecule has 7 nitrogen and oxygen atoms in total. The van der Waals surface area contributed by atoms with Crippen LogP contribution in [-0.4, -0.2) is 4.92 Å². The molecular formula is C10H8BrIN2O5. The number of nitrogens with zero attached hydrogens (tertiary/aromatic N) is 2. The van der Waals surface area contributed by atoms with E-state index in [-0.39, 0.29) is 10.6 Å². The van der Waals surface area contributed by atoms with E-state index in [0.717, 1.165) is 9.86 Å². The van der Waals surface area contributed by atoms with Crippen LogP contribution in [0.25, 0.3) is 10.8 Å². The number of hydrogen-bond acceptors (Lipinski definition) is 5. The number of non-ortho nitro benzene ring substituents is 1. The highest BCUT2D eigenvalue weighted by molar-refractivity contribution is 9.10. The molecule has 0 atom stereocenters. The van der Waals surface area contributed by atoms with Crippen LogP contribution >= 0.6 is 15.9 Å². The van der Waals surface area contributed by atoms with Crippen molar-refractivity contribution in [2.75, 3.05) is 0 Å². The van der Waals surface area contributed by atoms with Crippen LogP contribution in [0.5, 0.6) is 0 Å². The molecule has 0 N–H and O–H groups in total. The van der Waals surface area contributed by atoms with Crippen molar-refractivity contribution in [1.82, 2.24) is 0 Å². The van der Waals surface area contributed by atoms with Gasteiger partial charge in [0.15, 0.2) is 12.4 Å². The van der Waals surface area contributed by atoms with Gasteiger partial charge in [-0.25, -0.2) is 4.57 Å². The SMILES string of the molecule is C[n+]1ccc2c(Br)ccc([N+](=O)[O-])c2c1.[O-][I+2]([O-])[O-]. The molecule has 0 saturated carbocycles. The van der Waals surface area contributed by atoms with Gasteiger partial charge >= 0.3 is 0 Å². The summed E-state index contributed by atoms with van der Waals surface area (Å²) in [7, 11) is 1.84. The quantitative estimate of drug-likeness (QED) is 0.192. The largest absolute Gasteiger partial charge is 0.427 e. The first kappa shape index (κ1) is 16.2. The number of rotatable bonds is 1. The van der Waals surface area contributed by atoms with E-state index in [4.69, 9.17) is 10.3 Å². The maximum atomic E-state index is 10.8. The molecule has 1 aromatic carbocycles. The number of nitro groups is 1. The molecule has 1 aromatic heterocycles. The molecule has 2 aromatic rings. The molecule has 0 aliphatic heterocycles. The van der Waals surface area contributed by atoms with Gasteiger partial charge in [-0.15, -0.1) is 0 Å². The van der Waals surface area contributed by atoms with Gasteiger partial charge in [0, 0.05) is 22.0 Å². The highest BCUT2D eigenvalue weighted by Crippen LogP contribution is 2.29. The minimum Gasteiger partial charge on any atom is -0.427 e. The second kappa shape index (κ2) is 7.05. The van der Waals surface area contributed by atoms with Crippen LogP contribution in [0.2, 0.25) is 0 Å². The number of nitro benzene ring substituents is 1. The predicted octanol–water partition coefficient (Wildman–Crippen LogP) is -4.23. The molecule has 0 aliphatic carbocycles. The van der Waals surface area contributed by atoms with E-state index in [9.17, 15) is 10.1 Å². The van der Waals surface area contributed by atoms with E-state index in [1.165, 1.54) is 6.07 Å². The fraction of sp³-hybridized carbons (Fsp3) is 0.100. The molecule has 19 heavy (non-hydrogen) atoms. The maximum absolute atomic E-state index is 10.8. The van der Waals surface area contributed by atoms with Gasteiger partial charge in [0.05, 0.1) is 4.92 Å². The third kappa shape index (κ3) is 4.62. The van der Waals surface area contributed by atoms with E-state index in [2.05, 4.69) is 15.9 Å². The lowest BCUT2D eigenvalue weighted by Crippen LogP contribution is -4.05. The van der Waals surface area contributed by atoms with E-state index < -0.39 is 21.1 Å². The van der Waals surface area contributed by atoms with Gasteiger partial charge in [-0.2, -0.15) is 0 Å². The Bertz CT molecular complexity index is 605. The first-order valence-electron chi connectivity index (χ1n) is 4.78. The Labute approximate surface area is 125 Å². The van der Waals surface area contributed by atoms with E-state index in [0.29, 0.717) is 5.39 Å². The van der Waals surface area contributed by atoms with Crippen molar-refractivity contribution in [3.63, 3.8) is 0 Å². The standard InChI is InChI=1S/C10H8BrN2O2.IO3/c1-12-5-4-7-8(6-12)10(13(14)15)3-2-9(7)11;2-1(3)4/h2-6H,1H3;/q+1;-1. The van der Waals surface area contributed by atoms with Crippen LogP contribution in [0.3, 0.4) is 0 Å². The molecule has 102 valence electrons. The van der Waals surface area contributed by atoms with E-state index >= 15 is 0 Å². The zero-order chi connectivity index (χ0) is 14.6. The van der Waals surface area contributed by atoms with Gasteiger partial charge in [-0.05, 0) is 6.07 Å². The molecule has 0 amide bonds. The Morgan fingerprint density at radius 2 is 1.79 bits per heavy atom. The molecule has 0 radical (unpaired) electrons. The molecule has 2 rings (SSSR count). The van der Waals surface area contributed by atoms with Crippen LogP contribution in [0, 0.1) is 10.1 Å². The molecule has 0 aliphatic rings. The smallest absolute Gasteiger partial charge is 0.283 e. The van der Waals surface area contributed by atoms with Gasteiger partial charge in [-0.1, -0.05) is 15.9 Å². The number of benzene rings is 1. The van der Waals surface area contributed by atoms with Gasteiger partial charge in [0.1, 0.15) is 12.4 Å². The lowest BCUT2D eigenvalue weighted by atomic mass is 10.1. The summed E-state index contributed by atoms with van der Waals surface area (Å²) in [5.41, 5.74) is 0.129. The van der Waals surface area contributed by atoms with Crippen LogP contribution in [-0.2, 0) is 7.05 Å². The molecule has 1 heterocycles. The van der Waals surface area contributed by atoms with Crippen LogP contribution in [0.15, 0.2) is 35.1 Å². The summed E-state index contributed by atoms with van der Waals surface area (Å²) in [4.78, 5) is 10.5. The molecular weight excluding hydrogens is 435 g/mol. The second-order valence-corrected chi connectivity index (χ2v) is 5.38. The highest BCUT2D eigenvalue weighted by atomic mass is 127. The normalized spacial score (nSPS) is 10.2. The summed E-state index contributed by atoms with van der Waals surface area (Å²) in [6.45, 7) is 0. The lowest BCUT2D eigenvalue weighted by molar-refractivity contribution is -1.73. The third-order valence-corrected chi connectivity index (χ3v) is 2.91. The van der Waals surface area contributed by atoms with Crippen molar-refractivity contribution in [3.05, 3.63) is 45.2 Å². The number of halogens is 2. The molecule has 0 bridgehead atoms. The van der Waals surface area contributed by atoms with Crippen molar-refractivity contribution >= 4 is 32.4 Å². The van der Waals surface area contributed by atoms with Crippen LogP contribution in [0.1, 0.15) is 0 Å². The lowest BCUT2D eigenvalue weighted by Gasteiger charge is -1.99. The van der Waals surface area contributed by atoms with Crippen LogP contribution in [0.4, 0.5) is 5.69 Å². The number of aryl methyl sites for hydroxylation is 1. The average molecular weight is 443 g/mol. The number of aromatic nitrogens is 1. The minimum absolute atomic E-state index is 0.129. The molecule has 0 unspecified atom stereocenters. The Kier molecular flexibility index (Phi) is 6.00. The van der Waals surface area contributed by atoms with Gasteiger partial charge in [-0.3, -0.25) is 10.1 Å². The summed E-state index contributed by atoms with van der Waals surface area (Å²) in [6.07, 6.45) is 3.61. The van der Waals surface area contributed by atoms with Gasteiger partial charge in [0.2, 0.25) is 0 Å². The van der Waals surface area contributed by atoms with Gasteiger partial charge in [0.25, 0.3) is 26.8 Å². The summed E-state index contributed by atoms with van der Waals surface area (Å²) in [6, 6.07) is 5.05.